The van der Waals surface area contributed by atoms with E-state index in [2.05, 4.69) is 36.7 Å². The van der Waals surface area contributed by atoms with Crippen molar-refractivity contribution in [2.45, 2.75) is 65.2 Å². The number of benzene rings is 2. The number of aromatic nitrogens is 1. The first-order chi connectivity index (χ1) is 16.3. The second-order valence-corrected chi connectivity index (χ2v) is 9.39. The first-order valence-electron chi connectivity index (χ1n) is 12.1. The Bertz CT molecular complexity index is 1220. The van der Waals surface area contributed by atoms with E-state index in [1.54, 1.807) is 0 Å². The molecule has 0 radical (unpaired) electrons. The zero-order valence-electron chi connectivity index (χ0n) is 20.0. The topological polar surface area (TPSA) is 19.4 Å². The molecule has 0 fully saturated rings. The third-order valence-electron chi connectivity index (χ3n) is 8.05. The number of aryl methyl sites for hydroxylation is 1. The highest BCUT2D eigenvalue weighted by Crippen LogP contribution is 2.64. The Morgan fingerprint density at radius 2 is 1.53 bits per heavy atom. The largest absolute Gasteiger partial charge is 0.418 e. The summed E-state index contributed by atoms with van der Waals surface area (Å²) in [6, 6.07) is 17.0. The molecule has 1 aromatic heterocycles. The Hall–Kier alpha value is -3.02. The lowest BCUT2D eigenvalue weighted by Crippen LogP contribution is -2.57. The van der Waals surface area contributed by atoms with Crippen molar-refractivity contribution >= 4 is 22.9 Å². The van der Waals surface area contributed by atoms with E-state index in [1.165, 1.54) is 11.8 Å². The summed E-state index contributed by atoms with van der Waals surface area (Å²) in [7, 11) is 0. The summed E-state index contributed by atoms with van der Waals surface area (Å²) in [4.78, 5) is 8.63. The van der Waals surface area contributed by atoms with E-state index in [4.69, 9.17) is 0 Å². The second-order valence-electron chi connectivity index (χ2n) is 9.39. The van der Waals surface area contributed by atoms with Crippen molar-refractivity contribution in [3.63, 3.8) is 0 Å². The van der Waals surface area contributed by atoms with Gasteiger partial charge in [-0.1, -0.05) is 57.2 Å². The van der Waals surface area contributed by atoms with Gasteiger partial charge in [0.05, 0.1) is 11.3 Å². The fourth-order valence-electron chi connectivity index (χ4n) is 6.51. The monoisotopic (exact) mass is 465 g/mol. The van der Waals surface area contributed by atoms with Crippen molar-refractivity contribution in [1.29, 1.82) is 0 Å². The third kappa shape index (κ3) is 3.00. The zero-order chi connectivity index (χ0) is 24.3. The molecule has 2 aliphatic rings. The van der Waals surface area contributed by atoms with Crippen molar-refractivity contribution in [1.82, 2.24) is 4.98 Å². The van der Waals surface area contributed by atoms with E-state index >= 15 is 0 Å². The minimum Gasteiger partial charge on any atom is -0.316 e. The molecule has 3 heterocycles. The second kappa shape index (κ2) is 8.03. The van der Waals surface area contributed by atoms with E-state index in [-0.39, 0.29) is 23.2 Å². The highest BCUT2D eigenvalue weighted by atomic mass is 19.4. The molecule has 0 bridgehead atoms. The molecule has 2 aliphatic heterocycles. The Balaban J connectivity index is 1.92. The molecule has 3 aromatic rings. The lowest BCUT2D eigenvalue weighted by molar-refractivity contribution is -0.137. The van der Waals surface area contributed by atoms with Crippen LogP contribution in [0.25, 0.3) is 0 Å². The minimum absolute atomic E-state index is 0.159. The molecule has 3 nitrogen and oxygen atoms in total. The van der Waals surface area contributed by atoms with Crippen LogP contribution in [0.15, 0.2) is 60.8 Å². The van der Waals surface area contributed by atoms with Crippen LogP contribution in [0.3, 0.4) is 0 Å². The van der Waals surface area contributed by atoms with Crippen molar-refractivity contribution in [3.05, 3.63) is 77.5 Å². The van der Waals surface area contributed by atoms with Gasteiger partial charge >= 0.3 is 6.18 Å². The third-order valence-corrected chi connectivity index (χ3v) is 8.05. The molecule has 0 spiro atoms. The van der Waals surface area contributed by atoms with Crippen molar-refractivity contribution in [3.8, 4) is 0 Å². The van der Waals surface area contributed by atoms with Crippen molar-refractivity contribution in [2.24, 2.45) is 5.41 Å². The first kappa shape index (κ1) is 22.8. The number of pyridine rings is 1. The highest BCUT2D eigenvalue weighted by molar-refractivity contribution is 5.91. The summed E-state index contributed by atoms with van der Waals surface area (Å²) in [6.07, 6.45) is -0.901. The number of nitrogens with zero attached hydrogens (tertiary/aromatic N) is 3. The minimum atomic E-state index is -4.49. The van der Waals surface area contributed by atoms with Gasteiger partial charge in [0.2, 0.25) is 0 Å². The first-order valence-corrected chi connectivity index (χ1v) is 12.1. The zero-order valence-corrected chi connectivity index (χ0v) is 20.0. The Morgan fingerprint density at radius 3 is 2.15 bits per heavy atom. The molecule has 2 aromatic carbocycles. The fourth-order valence-corrected chi connectivity index (χ4v) is 6.51. The van der Waals surface area contributed by atoms with Gasteiger partial charge in [0.15, 0.2) is 5.82 Å². The van der Waals surface area contributed by atoms with Gasteiger partial charge in [-0.05, 0) is 61.4 Å². The molecule has 34 heavy (non-hydrogen) atoms. The number of para-hydroxylation sites is 2. The van der Waals surface area contributed by atoms with E-state index < -0.39 is 11.7 Å². The maximum atomic E-state index is 14.4. The molecule has 2 unspecified atom stereocenters. The smallest absolute Gasteiger partial charge is 0.316 e. The number of rotatable bonds is 4. The molecule has 178 valence electrons. The van der Waals surface area contributed by atoms with Gasteiger partial charge in [-0.2, -0.15) is 13.2 Å². The van der Waals surface area contributed by atoms with Crippen LogP contribution in [-0.4, -0.2) is 11.1 Å². The standard InChI is InChI=1S/C28H30F3N3/c1-5-20-19-13-9-11-15-23(19)34-25-24(21(16-17-32-25)28(29,30)31)33(22-14-10-8-12-18(22)4)26(34)27(20,6-2)7-3/h8-17,20,26H,5-7H2,1-4H3. The molecule has 0 N–H and O–H groups in total. The number of anilines is 4. The van der Waals surface area contributed by atoms with Crippen LogP contribution in [-0.2, 0) is 6.18 Å². The van der Waals surface area contributed by atoms with Gasteiger partial charge in [-0.25, -0.2) is 4.98 Å². The summed E-state index contributed by atoms with van der Waals surface area (Å²) in [5.74, 6) is 0.603. The highest BCUT2D eigenvalue weighted by Gasteiger charge is 2.58. The molecule has 2 atom stereocenters. The molecule has 0 amide bonds. The molecule has 0 saturated heterocycles. The van der Waals surface area contributed by atoms with Gasteiger partial charge in [-0.15, -0.1) is 0 Å². The van der Waals surface area contributed by atoms with E-state index in [0.717, 1.165) is 42.3 Å². The predicted octanol–water partition coefficient (Wildman–Crippen LogP) is 8.34. The normalized spacial score (nSPS) is 20.7. The number of halogens is 3. The molecule has 6 heteroatoms. The number of alkyl halides is 3. The van der Waals surface area contributed by atoms with Crippen LogP contribution < -0.4 is 9.80 Å². The van der Waals surface area contributed by atoms with E-state index in [9.17, 15) is 13.2 Å². The molecule has 0 aliphatic carbocycles. The summed E-state index contributed by atoms with van der Waals surface area (Å²) in [6.45, 7) is 8.51. The SMILES string of the molecule is CCC1c2ccccc2N2c3nccc(C(F)(F)F)c3N(c3ccccc3C)C2C1(CC)CC. The average molecular weight is 466 g/mol. The van der Waals surface area contributed by atoms with Crippen molar-refractivity contribution < 1.29 is 13.2 Å². The van der Waals surface area contributed by atoms with Crippen LogP contribution in [0.4, 0.5) is 36.1 Å². The molecule has 5 rings (SSSR count). The average Bonchev–Trinajstić information content (AvgIpc) is 3.18. The quantitative estimate of drug-likeness (QED) is 0.386. The van der Waals surface area contributed by atoms with Gasteiger partial charge in [0, 0.05) is 23.0 Å². The van der Waals surface area contributed by atoms with E-state index in [0.29, 0.717) is 5.82 Å². The number of hydrogen-bond donors (Lipinski definition) is 0. The van der Waals surface area contributed by atoms with E-state index in [1.807, 2.05) is 54.3 Å². The van der Waals surface area contributed by atoms with Crippen LogP contribution >= 0.6 is 0 Å². The van der Waals surface area contributed by atoms with Gasteiger partial charge in [0.1, 0.15) is 6.17 Å². The summed E-state index contributed by atoms with van der Waals surface area (Å²) in [5, 5.41) is 0. The Kier molecular flexibility index (Phi) is 5.38. The number of hydrogen-bond acceptors (Lipinski definition) is 3. The van der Waals surface area contributed by atoms with Gasteiger partial charge < -0.3 is 9.80 Å². The van der Waals surface area contributed by atoms with Gasteiger partial charge in [0.25, 0.3) is 0 Å². The Labute approximate surface area is 199 Å². The molecular weight excluding hydrogens is 435 g/mol. The lowest BCUT2D eigenvalue weighted by atomic mass is 9.62. The Morgan fingerprint density at radius 1 is 0.882 bits per heavy atom. The maximum absolute atomic E-state index is 14.4. The van der Waals surface area contributed by atoms with Crippen LogP contribution in [0, 0.1) is 12.3 Å². The fraction of sp³-hybridized carbons (Fsp3) is 0.393. The number of fused-ring (bicyclic) bond motifs is 5. The van der Waals surface area contributed by atoms with Gasteiger partial charge in [-0.3, -0.25) is 0 Å². The maximum Gasteiger partial charge on any atom is 0.418 e. The summed E-state index contributed by atoms with van der Waals surface area (Å²) in [5.41, 5.74) is 3.15. The van der Waals surface area contributed by atoms with Crippen molar-refractivity contribution in [2.75, 3.05) is 9.80 Å². The summed E-state index contributed by atoms with van der Waals surface area (Å²) < 4.78 is 43.3. The molecular formula is C28H30F3N3. The summed E-state index contributed by atoms with van der Waals surface area (Å²) >= 11 is 0. The predicted molar refractivity (Wildman–Crippen MR) is 131 cm³/mol. The van der Waals surface area contributed by atoms with Crippen LogP contribution in [0.5, 0.6) is 0 Å². The van der Waals surface area contributed by atoms with Crippen LogP contribution in [0.2, 0.25) is 0 Å². The molecule has 0 saturated carbocycles. The lowest BCUT2D eigenvalue weighted by Gasteiger charge is -2.55. The van der Waals surface area contributed by atoms with Crippen LogP contribution in [0.1, 0.15) is 62.6 Å².